The number of guanidine groups is 1. The maximum absolute atomic E-state index is 6.09. The molecule has 1 aliphatic carbocycles. The highest BCUT2D eigenvalue weighted by Crippen LogP contribution is 2.57. The molecule has 0 saturated heterocycles. The van der Waals surface area contributed by atoms with Crippen LogP contribution in [-0.2, 0) is 0 Å². The topological polar surface area (TPSA) is 41.6 Å². The van der Waals surface area contributed by atoms with Crippen LogP contribution in [0, 0.1) is 5.41 Å². The van der Waals surface area contributed by atoms with Crippen LogP contribution in [0.15, 0.2) is 35.3 Å². The number of aliphatic imine (C=N–C) groups is 1. The van der Waals surface area contributed by atoms with Crippen LogP contribution in [0.4, 0.5) is 5.69 Å². The standard InChI is InChI=1S/C14H19N3/c1-13(8-9-13)14(2)10-16-12(15)17(14)11-6-4-3-5-7-11/h3-7H,8-10H2,1-2H3,(H2,15,16). The molecule has 1 saturated carbocycles. The molecule has 3 heteroatoms. The third kappa shape index (κ3) is 1.38. The first-order valence-electron chi connectivity index (χ1n) is 6.22. The van der Waals surface area contributed by atoms with Crippen molar-refractivity contribution in [1.82, 2.24) is 0 Å². The highest BCUT2D eigenvalue weighted by Gasteiger charge is 2.58. The van der Waals surface area contributed by atoms with Crippen LogP contribution in [0.1, 0.15) is 26.7 Å². The summed E-state index contributed by atoms with van der Waals surface area (Å²) in [4.78, 5) is 6.70. The summed E-state index contributed by atoms with van der Waals surface area (Å²) in [6.07, 6.45) is 2.55. The number of rotatable bonds is 2. The molecule has 1 fully saturated rings. The minimum Gasteiger partial charge on any atom is -0.369 e. The van der Waals surface area contributed by atoms with Crippen LogP contribution in [-0.4, -0.2) is 18.0 Å². The molecule has 1 atom stereocenters. The fraction of sp³-hybridized carbons (Fsp3) is 0.500. The molecule has 2 N–H and O–H groups in total. The average molecular weight is 229 g/mol. The predicted octanol–water partition coefficient (Wildman–Crippen LogP) is 2.38. The van der Waals surface area contributed by atoms with E-state index in [1.807, 2.05) is 6.07 Å². The number of nitrogens with zero attached hydrogens (tertiary/aromatic N) is 2. The molecule has 1 aliphatic heterocycles. The van der Waals surface area contributed by atoms with Crippen molar-refractivity contribution in [3.05, 3.63) is 30.3 Å². The Bertz CT molecular complexity index is 462. The summed E-state index contributed by atoms with van der Waals surface area (Å²) < 4.78 is 0. The first-order chi connectivity index (χ1) is 8.07. The second-order valence-corrected chi connectivity index (χ2v) is 5.68. The summed E-state index contributed by atoms with van der Waals surface area (Å²) in [5.41, 5.74) is 7.64. The Morgan fingerprint density at radius 2 is 1.82 bits per heavy atom. The van der Waals surface area contributed by atoms with Crippen molar-refractivity contribution < 1.29 is 0 Å². The van der Waals surface area contributed by atoms with Gasteiger partial charge in [0.1, 0.15) is 0 Å². The van der Waals surface area contributed by atoms with Gasteiger partial charge in [0.2, 0.25) is 0 Å². The van der Waals surface area contributed by atoms with E-state index >= 15 is 0 Å². The van der Waals surface area contributed by atoms with E-state index in [9.17, 15) is 0 Å². The maximum atomic E-state index is 6.09. The van der Waals surface area contributed by atoms with Crippen molar-refractivity contribution in [3.63, 3.8) is 0 Å². The lowest BCUT2D eigenvalue weighted by atomic mass is 9.82. The number of hydrogen-bond acceptors (Lipinski definition) is 3. The van der Waals surface area contributed by atoms with E-state index in [0.717, 1.165) is 12.2 Å². The Morgan fingerprint density at radius 1 is 1.18 bits per heavy atom. The van der Waals surface area contributed by atoms with Crippen molar-refractivity contribution in [3.8, 4) is 0 Å². The van der Waals surface area contributed by atoms with Gasteiger partial charge in [0.15, 0.2) is 5.96 Å². The molecule has 0 aromatic heterocycles. The van der Waals surface area contributed by atoms with E-state index in [2.05, 4.69) is 48.0 Å². The van der Waals surface area contributed by atoms with Gasteiger partial charge >= 0.3 is 0 Å². The molecule has 1 heterocycles. The van der Waals surface area contributed by atoms with E-state index in [1.54, 1.807) is 0 Å². The summed E-state index contributed by atoms with van der Waals surface area (Å²) in [5.74, 6) is 0.659. The molecule has 1 aromatic rings. The predicted molar refractivity (Wildman–Crippen MR) is 71.2 cm³/mol. The minimum absolute atomic E-state index is 0.0401. The van der Waals surface area contributed by atoms with Crippen molar-refractivity contribution in [1.29, 1.82) is 0 Å². The molecule has 17 heavy (non-hydrogen) atoms. The molecule has 3 rings (SSSR count). The monoisotopic (exact) mass is 229 g/mol. The van der Waals surface area contributed by atoms with Crippen LogP contribution in [0.2, 0.25) is 0 Å². The van der Waals surface area contributed by atoms with Gasteiger partial charge in [-0.15, -0.1) is 0 Å². The van der Waals surface area contributed by atoms with Gasteiger partial charge in [0.05, 0.1) is 12.1 Å². The Hall–Kier alpha value is -1.51. The molecule has 1 unspecified atom stereocenters. The zero-order valence-corrected chi connectivity index (χ0v) is 10.5. The molecule has 0 radical (unpaired) electrons. The van der Waals surface area contributed by atoms with E-state index < -0.39 is 0 Å². The largest absolute Gasteiger partial charge is 0.369 e. The van der Waals surface area contributed by atoms with Crippen LogP contribution < -0.4 is 10.6 Å². The highest BCUT2D eigenvalue weighted by atomic mass is 15.4. The zero-order chi connectivity index (χ0) is 12.1. The normalized spacial score (nSPS) is 30.2. The Kier molecular flexibility index (Phi) is 2.03. The number of hydrogen-bond donors (Lipinski definition) is 1. The first kappa shape index (κ1) is 10.6. The van der Waals surface area contributed by atoms with Gasteiger partial charge < -0.3 is 10.6 Å². The van der Waals surface area contributed by atoms with Gasteiger partial charge in [-0.25, -0.2) is 0 Å². The lowest BCUT2D eigenvalue weighted by molar-refractivity contribution is 0.318. The lowest BCUT2D eigenvalue weighted by Crippen LogP contribution is -2.55. The second-order valence-electron chi connectivity index (χ2n) is 5.68. The van der Waals surface area contributed by atoms with E-state index in [0.29, 0.717) is 11.4 Å². The number of nitrogens with two attached hydrogens (primary N) is 1. The first-order valence-corrected chi connectivity index (χ1v) is 6.22. The fourth-order valence-corrected chi connectivity index (χ4v) is 2.81. The average Bonchev–Trinajstić information content (AvgIpc) is 3.00. The summed E-state index contributed by atoms with van der Waals surface area (Å²) in [5, 5.41) is 0. The molecular formula is C14H19N3. The SMILES string of the molecule is CC1(C2(C)CN=C(N)N2c2ccccc2)CC1. The Morgan fingerprint density at radius 3 is 2.41 bits per heavy atom. The third-order valence-electron chi connectivity index (χ3n) is 4.59. The summed E-state index contributed by atoms with van der Waals surface area (Å²) in [7, 11) is 0. The van der Waals surface area contributed by atoms with E-state index in [1.165, 1.54) is 12.8 Å². The van der Waals surface area contributed by atoms with Gasteiger partial charge in [-0.1, -0.05) is 25.1 Å². The van der Waals surface area contributed by atoms with Gasteiger partial charge in [0.25, 0.3) is 0 Å². The molecule has 0 amide bonds. The molecule has 3 nitrogen and oxygen atoms in total. The fourth-order valence-electron chi connectivity index (χ4n) is 2.81. The van der Waals surface area contributed by atoms with E-state index in [4.69, 9.17) is 5.73 Å². The number of anilines is 1. The smallest absolute Gasteiger partial charge is 0.196 e. The summed E-state index contributed by atoms with van der Waals surface area (Å²) in [6, 6.07) is 10.4. The van der Waals surface area contributed by atoms with Crippen LogP contribution in [0.3, 0.4) is 0 Å². The van der Waals surface area contributed by atoms with Crippen molar-refractivity contribution in [2.24, 2.45) is 16.1 Å². The van der Waals surface area contributed by atoms with Crippen LogP contribution >= 0.6 is 0 Å². The van der Waals surface area contributed by atoms with Crippen molar-refractivity contribution in [2.45, 2.75) is 32.2 Å². The van der Waals surface area contributed by atoms with E-state index in [-0.39, 0.29) is 5.54 Å². The summed E-state index contributed by atoms with van der Waals surface area (Å²) >= 11 is 0. The number of para-hydroxylation sites is 1. The molecule has 0 spiro atoms. The molecule has 0 bridgehead atoms. The molecule has 90 valence electrons. The Labute approximate surface area is 102 Å². The zero-order valence-electron chi connectivity index (χ0n) is 10.5. The van der Waals surface area contributed by atoms with Gasteiger partial charge in [-0.05, 0) is 37.3 Å². The van der Waals surface area contributed by atoms with Crippen LogP contribution in [0.25, 0.3) is 0 Å². The van der Waals surface area contributed by atoms with Crippen molar-refractivity contribution in [2.75, 3.05) is 11.4 Å². The number of benzene rings is 1. The third-order valence-corrected chi connectivity index (χ3v) is 4.59. The lowest BCUT2D eigenvalue weighted by Gasteiger charge is -2.41. The molecule has 2 aliphatic rings. The minimum atomic E-state index is 0.0401. The maximum Gasteiger partial charge on any atom is 0.196 e. The molecular weight excluding hydrogens is 210 g/mol. The van der Waals surface area contributed by atoms with Gasteiger partial charge in [-0.2, -0.15) is 0 Å². The Balaban J connectivity index is 2.03. The quantitative estimate of drug-likeness (QED) is 0.846. The second kappa shape index (κ2) is 3.25. The van der Waals surface area contributed by atoms with Crippen molar-refractivity contribution >= 4 is 11.6 Å². The van der Waals surface area contributed by atoms with Gasteiger partial charge in [-0.3, -0.25) is 4.99 Å². The summed E-state index contributed by atoms with van der Waals surface area (Å²) in [6.45, 7) is 5.44. The highest BCUT2D eigenvalue weighted by molar-refractivity contribution is 5.98. The van der Waals surface area contributed by atoms with Crippen LogP contribution in [0.5, 0.6) is 0 Å². The molecule has 1 aromatic carbocycles. The van der Waals surface area contributed by atoms with Gasteiger partial charge in [0, 0.05) is 5.69 Å².